The van der Waals surface area contributed by atoms with E-state index in [0.29, 0.717) is 17.4 Å². The Morgan fingerprint density at radius 1 is 1.16 bits per heavy atom. The Kier molecular flexibility index (Phi) is 4.36. The van der Waals surface area contributed by atoms with Gasteiger partial charge in [-0.1, -0.05) is 12.1 Å². The second-order valence-electron chi connectivity index (χ2n) is 4.29. The van der Waals surface area contributed by atoms with Crippen LogP contribution in [0.25, 0.3) is 0 Å². The van der Waals surface area contributed by atoms with Crippen LogP contribution in [0.2, 0.25) is 0 Å². The second kappa shape index (κ2) is 6.20. The molecule has 0 bridgehead atoms. The molecule has 2 rings (SSSR count). The van der Waals surface area contributed by atoms with E-state index < -0.39 is 0 Å². The molecule has 100 valence electrons. The molecule has 1 N–H and O–H groups in total. The monoisotopic (exact) mass is 258 g/mol. The van der Waals surface area contributed by atoms with E-state index in [1.807, 2.05) is 44.3 Å². The molecule has 2 aromatic rings. The van der Waals surface area contributed by atoms with Gasteiger partial charge in [0.2, 0.25) is 5.88 Å². The van der Waals surface area contributed by atoms with E-state index in [-0.39, 0.29) is 0 Å². The van der Waals surface area contributed by atoms with Gasteiger partial charge >= 0.3 is 0 Å². The number of aryl methyl sites for hydroxylation is 1. The average Bonchev–Trinajstić information content (AvgIpc) is 2.43. The number of aromatic nitrogens is 1. The largest absolute Gasteiger partial charge is 0.493 e. The molecular formula is C15H18N2O2. The molecule has 0 saturated carbocycles. The highest BCUT2D eigenvalue weighted by atomic mass is 16.5. The van der Waals surface area contributed by atoms with Gasteiger partial charge in [-0.3, -0.25) is 0 Å². The van der Waals surface area contributed by atoms with Gasteiger partial charge < -0.3 is 14.8 Å². The number of ether oxygens (including phenoxy) is 2. The minimum Gasteiger partial charge on any atom is -0.493 e. The van der Waals surface area contributed by atoms with Gasteiger partial charge in [-0.2, -0.15) is 0 Å². The minimum atomic E-state index is 0.557. The molecule has 0 unspecified atom stereocenters. The van der Waals surface area contributed by atoms with Crippen LogP contribution >= 0.6 is 0 Å². The second-order valence-corrected chi connectivity index (χ2v) is 4.29. The van der Waals surface area contributed by atoms with E-state index >= 15 is 0 Å². The molecule has 4 heteroatoms. The summed E-state index contributed by atoms with van der Waals surface area (Å²) >= 11 is 0. The molecule has 19 heavy (non-hydrogen) atoms. The van der Waals surface area contributed by atoms with E-state index in [9.17, 15) is 0 Å². The lowest BCUT2D eigenvalue weighted by Gasteiger charge is -2.10. The van der Waals surface area contributed by atoms with Crippen molar-refractivity contribution in [1.29, 1.82) is 0 Å². The third-order valence-electron chi connectivity index (χ3n) is 2.71. The van der Waals surface area contributed by atoms with E-state index in [1.54, 1.807) is 13.3 Å². The van der Waals surface area contributed by atoms with Crippen LogP contribution in [0.5, 0.6) is 17.4 Å². The summed E-state index contributed by atoms with van der Waals surface area (Å²) < 4.78 is 11.0. The molecule has 0 amide bonds. The van der Waals surface area contributed by atoms with Gasteiger partial charge in [0.25, 0.3) is 0 Å². The molecule has 0 aliphatic heterocycles. The Hall–Kier alpha value is -2.07. The SMILES string of the molecule is CNCc1ccc(Oc2ccc(C)cc2OC)nc1. The molecule has 0 aliphatic carbocycles. The summed E-state index contributed by atoms with van der Waals surface area (Å²) in [4.78, 5) is 4.27. The van der Waals surface area contributed by atoms with Crippen LogP contribution in [0.1, 0.15) is 11.1 Å². The minimum absolute atomic E-state index is 0.557. The topological polar surface area (TPSA) is 43.4 Å². The number of methoxy groups -OCH3 is 1. The standard InChI is InChI=1S/C15H18N2O2/c1-11-4-6-13(14(8-11)18-3)19-15-7-5-12(9-16-2)10-17-15/h4-8,10,16H,9H2,1-3H3. The molecular weight excluding hydrogens is 240 g/mol. The van der Waals surface area contributed by atoms with Crippen molar-refractivity contribution < 1.29 is 9.47 Å². The van der Waals surface area contributed by atoms with E-state index in [0.717, 1.165) is 17.7 Å². The summed E-state index contributed by atoms with van der Waals surface area (Å²) in [5.41, 5.74) is 2.24. The number of rotatable bonds is 5. The van der Waals surface area contributed by atoms with Crippen molar-refractivity contribution in [3.05, 3.63) is 47.7 Å². The van der Waals surface area contributed by atoms with Gasteiger partial charge in [0.1, 0.15) is 0 Å². The maximum absolute atomic E-state index is 5.73. The van der Waals surface area contributed by atoms with Crippen LogP contribution in [0, 0.1) is 6.92 Å². The van der Waals surface area contributed by atoms with Crippen molar-refractivity contribution in [3.8, 4) is 17.4 Å². The molecule has 4 nitrogen and oxygen atoms in total. The van der Waals surface area contributed by atoms with E-state index in [2.05, 4.69) is 10.3 Å². The molecule has 0 fully saturated rings. The molecule has 1 aromatic carbocycles. The molecule has 0 saturated heterocycles. The molecule has 0 aliphatic rings. The van der Waals surface area contributed by atoms with Crippen LogP contribution in [0.3, 0.4) is 0 Å². The highest BCUT2D eigenvalue weighted by molar-refractivity contribution is 5.44. The lowest BCUT2D eigenvalue weighted by Crippen LogP contribution is -2.05. The molecule has 0 radical (unpaired) electrons. The number of pyridine rings is 1. The zero-order valence-electron chi connectivity index (χ0n) is 11.4. The first-order chi connectivity index (χ1) is 9.22. The van der Waals surface area contributed by atoms with E-state index in [1.165, 1.54) is 0 Å². The van der Waals surface area contributed by atoms with Crippen molar-refractivity contribution in [3.63, 3.8) is 0 Å². The van der Waals surface area contributed by atoms with Crippen molar-refractivity contribution in [2.45, 2.75) is 13.5 Å². The summed E-state index contributed by atoms with van der Waals surface area (Å²) in [5.74, 6) is 1.94. The fourth-order valence-electron chi connectivity index (χ4n) is 1.75. The van der Waals surface area contributed by atoms with Crippen LogP contribution in [0.15, 0.2) is 36.5 Å². The predicted molar refractivity (Wildman–Crippen MR) is 74.8 cm³/mol. The Balaban J connectivity index is 2.16. The average molecular weight is 258 g/mol. The van der Waals surface area contributed by atoms with Crippen LogP contribution in [-0.4, -0.2) is 19.1 Å². The smallest absolute Gasteiger partial charge is 0.219 e. The number of nitrogens with zero attached hydrogens (tertiary/aromatic N) is 1. The summed E-state index contributed by atoms with van der Waals surface area (Å²) in [6, 6.07) is 9.64. The number of hydrogen-bond donors (Lipinski definition) is 1. The number of nitrogens with one attached hydrogen (secondary N) is 1. The molecule has 0 spiro atoms. The Morgan fingerprint density at radius 3 is 2.63 bits per heavy atom. The van der Waals surface area contributed by atoms with Crippen molar-refractivity contribution in [1.82, 2.24) is 10.3 Å². The molecule has 1 heterocycles. The van der Waals surface area contributed by atoms with Crippen molar-refractivity contribution in [2.75, 3.05) is 14.2 Å². The van der Waals surface area contributed by atoms with Crippen LogP contribution < -0.4 is 14.8 Å². The summed E-state index contributed by atoms with van der Waals surface area (Å²) in [5, 5.41) is 3.08. The summed E-state index contributed by atoms with van der Waals surface area (Å²) in [6.45, 7) is 2.80. The third kappa shape index (κ3) is 3.45. The predicted octanol–water partition coefficient (Wildman–Crippen LogP) is 2.91. The van der Waals surface area contributed by atoms with E-state index in [4.69, 9.17) is 9.47 Å². The molecule has 0 atom stereocenters. The van der Waals surface area contributed by atoms with Gasteiger partial charge in [0.15, 0.2) is 11.5 Å². The first-order valence-corrected chi connectivity index (χ1v) is 6.15. The highest BCUT2D eigenvalue weighted by Crippen LogP contribution is 2.31. The molecule has 1 aromatic heterocycles. The Labute approximate surface area is 113 Å². The van der Waals surface area contributed by atoms with Gasteiger partial charge in [-0.05, 0) is 37.2 Å². The van der Waals surface area contributed by atoms with Crippen molar-refractivity contribution >= 4 is 0 Å². The fraction of sp³-hybridized carbons (Fsp3) is 0.267. The number of hydrogen-bond acceptors (Lipinski definition) is 4. The van der Waals surface area contributed by atoms with Gasteiger partial charge in [-0.15, -0.1) is 0 Å². The first kappa shape index (κ1) is 13.4. The van der Waals surface area contributed by atoms with Crippen molar-refractivity contribution in [2.24, 2.45) is 0 Å². The van der Waals surface area contributed by atoms with Crippen LogP contribution in [-0.2, 0) is 6.54 Å². The maximum atomic E-state index is 5.73. The zero-order valence-corrected chi connectivity index (χ0v) is 11.4. The van der Waals surface area contributed by atoms with Crippen LogP contribution in [0.4, 0.5) is 0 Å². The quantitative estimate of drug-likeness (QED) is 0.895. The summed E-state index contributed by atoms with van der Waals surface area (Å²) in [6.07, 6.45) is 1.80. The maximum Gasteiger partial charge on any atom is 0.219 e. The first-order valence-electron chi connectivity index (χ1n) is 6.15. The summed E-state index contributed by atoms with van der Waals surface area (Å²) in [7, 11) is 3.53. The lowest BCUT2D eigenvalue weighted by molar-refractivity contribution is 0.374. The third-order valence-corrected chi connectivity index (χ3v) is 2.71. The highest BCUT2D eigenvalue weighted by Gasteiger charge is 2.06. The lowest BCUT2D eigenvalue weighted by atomic mass is 10.2. The fourth-order valence-corrected chi connectivity index (χ4v) is 1.75. The van der Waals surface area contributed by atoms with Gasteiger partial charge in [0, 0.05) is 18.8 Å². The number of benzene rings is 1. The normalized spacial score (nSPS) is 10.3. The van der Waals surface area contributed by atoms with Gasteiger partial charge in [0.05, 0.1) is 7.11 Å². The zero-order chi connectivity index (χ0) is 13.7. The Bertz CT molecular complexity index is 538. The Morgan fingerprint density at radius 2 is 2.00 bits per heavy atom. The van der Waals surface area contributed by atoms with Gasteiger partial charge in [-0.25, -0.2) is 4.98 Å².